The summed E-state index contributed by atoms with van der Waals surface area (Å²) in [6.07, 6.45) is 3.33. The SMILES string of the molecule is CN(C)CC1(c2ccc(Cl)c(F)c2)CCCCC1O. The molecule has 0 heterocycles. The molecule has 2 unspecified atom stereocenters. The largest absolute Gasteiger partial charge is 0.392 e. The van der Waals surface area contributed by atoms with Gasteiger partial charge in [-0.2, -0.15) is 0 Å². The average molecular weight is 286 g/mol. The molecule has 2 nitrogen and oxygen atoms in total. The molecule has 4 heteroatoms. The highest BCUT2D eigenvalue weighted by Crippen LogP contribution is 2.41. The lowest BCUT2D eigenvalue weighted by Gasteiger charge is -2.43. The number of nitrogens with zero attached hydrogens (tertiary/aromatic N) is 1. The van der Waals surface area contributed by atoms with Crippen molar-refractivity contribution in [3.63, 3.8) is 0 Å². The Bertz CT molecular complexity index is 452. The lowest BCUT2D eigenvalue weighted by atomic mass is 9.67. The quantitative estimate of drug-likeness (QED) is 0.922. The van der Waals surface area contributed by atoms with Gasteiger partial charge in [0, 0.05) is 12.0 Å². The number of rotatable bonds is 3. The molecule has 0 amide bonds. The zero-order chi connectivity index (χ0) is 14.0. The summed E-state index contributed by atoms with van der Waals surface area (Å²) in [4.78, 5) is 2.06. The zero-order valence-corrected chi connectivity index (χ0v) is 12.3. The molecule has 1 aromatic carbocycles. The minimum atomic E-state index is -0.427. The van der Waals surface area contributed by atoms with E-state index in [9.17, 15) is 9.50 Å². The highest BCUT2D eigenvalue weighted by atomic mass is 35.5. The predicted octanol–water partition coefficient (Wildman–Crippen LogP) is 3.21. The minimum absolute atomic E-state index is 0.133. The van der Waals surface area contributed by atoms with Gasteiger partial charge >= 0.3 is 0 Å². The smallest absolute Gasteiger partial charge is 0.142 e. The summed E-state index contributed by atoms with van der Waals surface area (Å²) in [7, 11) is 3.96. The van der Waals surface area contributed by atoms with Crippen LogP contribution in [0.5, 0.6) is 0 Å². The summed E-state index contributed by atoms with van der Waals surface area (Å²) < 4.78 is 13.7. The molecule has 19 heavy (non-hydrogen) atoms. The summed E-state index contributed by atoms with van der Waals surface area (Å²) in [5.41, 5.74) is 0.475. The number of aliphatic hydroxyl groups excluding tert-OH is 1. The molecule has 1 aliphatic rings. The van der Waals surface area contributed by atoms with Crippen LogP contribution in [0.25, 0.3) is 0 Å². The Hall–Kier alpha value is -0.640. The molecule has 1 fully saturated rings. The number of hydrogen-bond donors (Lipinski definition) is 1. The van der Waals surface area contributed by atoms with Crippen LogP contribution in [0.4, 0.5) is 4.39 Å². The van der Waals surface area contributed by atoms with Crippen molar-refractivity contribution in [1.82, 2.24) is 4.90 Å². The molecule has 2 atom stereocenters. The van der Waals surface area contributed by atoms with Gasteiger partial charge in [-0.1, -0.05) is 30.5 Å². The van der Waals surface area contributed by atoms with Crippen LogP contribution in [-0.2, 0) is 5.41 Å². The third-order valence-corrected chi connectivity index (χ3v) is 4.39. The predicted molar refractivity (Wildman–Crippen MR) is 76.1 cm³/mol. The van der Waals surface area contributed by atoms with Gasteiger partial charge in [-0.05, 0) is 44.6 Å². The van der Waals surface area contributed by atoms with E-state index in [0.29, 0.717) is 0 Å². The van der Waals surface area contributed by atoms with Crippen LogP contribution in [0.1, 0.15) is 31.2 Å². The van der Waals surface area contributed by atoms with Gasteiger partial charge in [0.25, 0.3) is 0 Å². The normalized spacial score (nSPS) is 27.8. The van der Waals surface area contributed by atoms with E-state index in [1.54, 1.807) is 6.07 Å². The van der Waals surface area contributed by atoms with Crippen molar-refractivity contribution < 1.29 is 9.50 Å². The van der Waals surface area contributed by atoms with Crippen LogP contribution in [0.2, 0.25) is 5.02 Å². The van der Waals surface area contributed by atoms with E-state index in [-0.39, 0.29) is 10.4 Å². The lowest BCUT2D eigenvalue weighted by molar-refractivity contribution is 0.0263. The summed E-state index contributed by atoms with van der Waals surface area (Å²) in [5.74, 6) is -0.407. The van der Waals surface area contributed by atoms with Crippen molar-refractivity contribution in [3.05, 3.63) is 34.6 Å². The molecule has 1 N–H and O–H groups in total. The van der Waals surface area contributed by atoms with Crippen molar-refractivity contribution >= 4 is 11.6 Å². The first-order valence-electron chi connectivity index (χ1n) is 6.74. The second-order valence-electron chi connectivity index (χ2n) is 5.78. The zero-order valence-electron chi connectivity index (χ0n) is 11.5. The minimum Gasteiger partial charge on any atom is -0.392 e. The van der Waals surface area contributed by atoms with Gasteiger partial charge < -0.3 is 10.0 Å². The number of hydrogen-bond acceptors (Lipinski definition) is 2. The van der Waals surface area contributed by atoms with Gasteiger partial charge in [0.1, 0.15) is 5.82 Å². The monoisotopic (exact) mass is 285 g/mol. The average Bonchev–Trinajstić information content (AvgIpc) is 2.35. The van der Waals surface area contributed by atoms with Crippen molar-refractivity contribution in [2.75, 3.05) is 20.6 Å². The summed E-state index contributed by atoms with van der Waals surface area (Å²) in [5, 5.41) is 10.6. The molecular formula is C15H21ClFNO. The van der Waals surface area contributed by atoms with E-state index >= 15 is 0 Å². The fraction of sp³-hybridized carbons (Fsp3) is 0.600. The van der Waals surface area contributed by atoms with Gasteiger partial charge in [0.15, 0.2) is 0 Å². The molecule has 0 aromatic heterocycles. The fourth-order valence-corrected chi connectivity index (χ4v) is 3.32. The Morgan fingerprint density at radius 1 is 1.42 bits per heavy atom. The summed E-state index contributed by atoms with van der Waals surface area (Å²) in [6.45, 7) is 0.717. The van der Waals surface area contributed by atoms with Gasteiger partial charge in [0.05, 0.1) is 11.1 Å². The van der Waals surface area contributed by atoms with E-state index in [1.807, 2.05) is 20.2 Å². The van der Waals surface area contributed by atoms with Crippen molar-refractivity contribution in [2.24, 2.45) is 0 Å². The molecule has 0 spiro atoms. The van der Waals surface area contributed by atoms with Crippen molar-refractivity contribution in [3.8, 4) is 0 Å². The second-order valence-corrected chi connectivity index (χ2v) is 6.19. The standard InChI is InChI=1S/C15H21ClFNO/c1-18(2)10-15(8-4-3-5-14(15)19)11-6-7-12(16)13(17)9-11/h6-7,9,14,19H,3-5,8,10H2,1-2H3. The van der Waals surface area contributed by atoms with Crippen LogP contribution >= 0.6 is 11.6 Å². The Kier molecular flexibility index (Phi) is 4.49. The lowest BCUT2D eigenvalue weighted by Crippen LogP contribution is -2.49. The van der Waals surface area contributed by atoms with Gasteiger partial charge in [-0.3, -0.25) is 0 Å². The molecule has 1 aromatic rings. The fourth-order valence-electron chi connectivity index (χ4n) is 3.20. The van der Waals surface area contributed by atoms with Crippen LogP contribution in [0.15, 0.2) is 18.2 Å². The molecule has 0 saturated heterocycles. The van der Waals surface area contributed by atoms with Crippen LogP contribution in [0, 0.1) is 5.82 Å². The highest BCUT2D eigenvalue weighted by molar-refractivity contribution is 6.30. The Balaban J connectivity index is 2.43. The molecule has 0 aliphatic heterocycles. The van der Waals surface area contributed by atoms with Crippen LogP contribution in [-0.4, -0.2) is 36.8 Å². The molecule has 1 saturated carbocycles. The Labute approximate surface area is 119 Å². The van der Waals surface area contributed by atoms with E-state index in [4.69, 9.17) is 11.6 Å². The highest BCUT2D eigenvalue weighted by Gasteiger charge is 2.42. The third kappa shape index (κ3) is 2.93. The van der Waals surface area contributed by atoms with E-state index in [2.05, 4.69) is 4.90 Å². The van der Waals surface area contributed by atoms with E-state index in [1.165, 1.54) is 6.07 Å². The van der Waals surface area contributed by atoms with Crippen molar-refractivity contribution in [1.29, 1.82) is 0 Å². The Morgan fingerprint density at radius 2 is 2.16 bits per heavy atom. The Morgan fingerprint density at radius 3 is 2.74 bits per heavy atom. The van der Waals surface area contributed by atoms with Gasteiger partial charge in [0.2, 0.25) is 0 Å². The van der Waals surface area contributed by atoms with Crippen LogP contribution < -0.4 is 0 Å². The number of likely N-dealkylation sites (N-methyl/N-ethyl adjacent to an activating group) is 1. The molecular weight excluding hydrogens is 265 g/mol. The summed E-state index contributed by atoms with van der Waals surface area (Å²) >= 11 is 5.76. The molecule has 2 rings (SSSR count). The van der Waals surface area contributed by atoms with Crippen molar-refractivity contribution in [2.45, 2.75) is 37.2 Å². The van der Waals surface area contributed by atoms with Gasteiger partial charge in [-0.25, -0.2) is 4.39 Å². The molecule has 1 aliphatic carbocycles. The maximum atomic E-state index is 13.7. The van der Waals surface area contributed by atoms with E-state index < -0.39 is 11.9 Å². The molecule has 0 radical (unpaired) electrons. The van der Waals surface area contributed by atoms with Gasteiger partial charge in [-0.15, -0.1) is 0 Å². The maximum Gasteiger partial charge on any atom is 0.142 e. The van der Waals surface area contributed by atoms with Crippen LogP contribution in [0.3, 0.4) is 0 Å². The number of benzene rings is 1. The topological polar surface area (TPSA) is 23.5 Å². The number of halogens is 2. The first-order chi connectivity index (χ1) is 8.95. The first kappa shape index (κ1) is 14.8. The summed E-state index contributed by atoms with van der Waals surface area (Å²) in [6, 6.07) is 4.93. The van der Waals surface area contributed by atoms with E-state index in [0.717, 1.165) is 37.8 Å². The molecule has 0 bridgehead atoms. The number of aliphatic hydroxyl groups is 1. The first-order valence-corrected chi connectivity index (χ1v) is 7.12. The molecule has 106 valence electrons. The second kappa shape index (κ2) is 5.78. The maximum absolute atomic E-state index is 13.7. The third-order valence-electron chi connectivity index (χ3n) is 4.08.